The molecule has 0 saturated carbocycles. The van der Waals surface area contributed by atoms with Gasteiger partial charge in [-0.15, -0.1) is 0 Å². The molecule has 0 saturated heterocycles. The van der Waals surface area contributed by atoms with E-state index in [4.69, 9.17) is 10.5 Å². The molecule has 1 atom stereocenters. The zero-order valence-corrected chi connectivity index (χ0v) is 16.4. The molecule has 1 aromatic carbocycles. The summed E-state index contributed by atoms with van der Waals surface area (Å²) in [4.78, 5) is 29.1. The van der Waals surface area contributed by atoms with Gasteiger partial charge in [0.1, 0.15) is 17.3 Å². The van der Waals surface area contributed by atoms with E-state index in [1.54, 1.807) is 31.5 Å². The highest BCUT2D eigenvalue weighted by atomic mass is 19.1. The fourth-order valence-electron chi connectivity index (χ4n) is 3.46. The molecular formula is C21H19FN6O2. The molecule has 4 rings (SSSR count). The van der Waals surface area contributed by atoms with E-state index in [1.807, 2.05) is 0 Å². The Morgan fingerprint density at radius 2 is 2.07 bits per heavy atom. The van der Waals surface area contributed by atoms with Gasteiger partial charge in [-0.2, -0.15) is 0 Å². The number of rotatable bonds is 4. The highest BCUT2D eigenvalue weighted by Gasteiger charge is 2.34. The smallest absolute Gasteiger partial charge is 0.275 e. The van der Waals surface area contributed by atoms with Crippen LogP contribution < -0.4 is 15.8 Å². The summed E-state index contributed by atoms with van der Waals surface area (Å²) in [6.07, 6.45) is 6.42. The molecule has 2 aromatic heterocycles. The van der Waals surface area contributed by atoms with Crippen molar-refractivity contribution < 1.29 is 13.9 Å². The van der Waals surface area contributed by atoms with Crippen molar-refractivity contribution in [1.29, 1.82) is 0 Å². The number of aromatic nitrogens is 3. The Hall–Kier alpha value is -3.88. The lowest BCUT2D eigenvalue weighted by atomic mass is 9.82. The zero-order chi connectivity index (χ0) is 21.3. The number of amidine groups is 1. The Bertz CT molecular complexity index is 1150. The van der Waals surface area contributed by atoms with Gasteiger partial charge in [-0.05, 0) is 36.8 Å². The van der Waals surface area contributed by atoms with Crippen LogP contribution in [0.4, 0.5) is 10.1 Å². The predicted molar refractivity (Wildman–Crippen MR) is 109 cm³/mol. The fraction of sp³-hybridized carbons (Fsp3) is 0.190. The first-order valence-corrected chi connectivity index (χ1v) is 9.15. The molecule has 0 aliphatic carbocycles. The SMILES string of the molecule is COc1cnc(C(=O)Nc2ccc(F)c(C3(C)Cc4cnccc4C(N)=N3)c2)cn1. The zero-order valence-electron chi connectivity index (χ0n) is 16.4. The van der Waals surface area contributed by atoms with Crippen molar-refractivity contribution in [3.8, 4) is 5.88 Å². The second-order valence-corrected chi connectivity index (χ2v) is 7.07. The number of aliphatic imine (C=N–C) groups is 1. The standard InChI is InChI=1S/C21H19FN6O2/c1-21(8-12-9-24-6-5-14(12)19(23)28-21)15-7-13(3-4-16(15)22)27-20(29)17-10-26-18(30-2)11-25-17/h3-7,9-11H,8H2,1-2H3,(H2,23,28)(H,27,29). The molecular weight excluding hydrogens is 387 g/mol. The van der Waals surface area contributed by atoms with Crippen LogP contribution >= 0.6 is 0 Å². The number of nitrogens with one attached hydrogen (secondary N) is 1. The number of ether oxygens (including phenoxy) is 1. The molecule has 3 heterocycles. The molecule has 8 nitrogen and oxygen atoms in total. The van der Waals surface area contributed by atoms with E-state index in [1.165, 1.54) is 31.6 Å². The fourth-order valence-corrected chi connectivity index (χ4v) is 3.46. The summed E-state index contributed by atoms with van der Waals surface area (Å²) >= 11 is 0. The molecule has 3 aromatic rings. The maximum Gasteiger partial charge on any atom is 0.275 e. The minimum absolute atomic E-state index is 0.104. The van der Waals surface area contributed by atoms with Gasteiger partial charge in [0.05, 0.1) is 25.0 Å². The van der Waals surface area contributed by atoms with Crippen molar-refractivity contribution in [2.75, 3.05) is 12.4 Å². The molecule has 0 bridgehead atoms. The Morgan fingerprint density at radius 1 is 1.23 bits per heavy atom. The average Bonchev–Trinajstić information content (AvgIpc) is 2.75. The molecule has 1 aliphatic rings. The minimum atomic E-state index is -0.940. The predicted octanol–water partition coefficient (Wildman–Crippen LogP) is 2.45. The summed E-state index contributed by atoms with van der Waals surface area (Å²) in [5.41, 5.74) is 7.70. The van der Waals surface area contributed by atoms with Crippen LogP contribution in [-0.2, 0) is 12.0 Å². The van der Waals surface area contributed by atoms with Crippen LogP contribution in [0, 0.1) is 5.82 Å². The maximum absolute atomic E-state index is 14.8. The largest absolute Gasteiger partial charge is 0.480 e. The van der Waals surface area contributed by atoms with Crippen LogP contribution in [0.25, 0.3) is 0 Å². The van der Waals surface area contributed by atoms with E-state index < -0.39 is 17.3 Å². The van der Waals surface area contributed by atoms with Gasteiger partial charge in [0, 0.05) is 35.6 Å². The first-order valence-electron chi connectivity index (χ1n) is 9.15. The monoisotopic (exact) mass is 406 g/mol. The third-order valence-corrected chi connectivity index (χ3v) is 4.96. The lowest BCUT2D eigenvalue weighted by Crippen LogP contribution is -2.34. The number of benzene rings is 1. The summed E-state index contributed by atoms with van der Waals surface area (Å²) in [6, 6.07) is 6.11. The Kier molecular flexibility index (Phi) is 4.86. The lowest BCUT2D eigenvalue weighted by molar-refractivity contribution is 0.102. The number of methoxy groups -OCH3 is 1. The van der Waals surface area contributed by atoms with E-state index in [-0.39, 0.29) is 5.69 Å². The Labute approximate surface area is 172 Å². The van der Waals surface area contributed by atoms with Gasteiger partial charge in [0.2, 0.25) is 5.88 Å². The maximum atomic E-state index is 14.8. The number of anilines is 1. The van der Waals surface area contributed by atoms with Gasteiger partial charge in [-0.25, -0.2) is 14.4 Å². The summed E-state index contributed by atoms with van der Waals surface area (Å²) < 4.78 is 19.7. The van der Waals surface area contributed by atoms with Crippen molar-refractivity contribution >= 4 is 17.4 Å². The van der Waals surface area contributed by atoms with Gasteiger partial charge in [-0.3, -0.25) is 14.8 Å². The first kappa shape index (κ1) is 19.4. The number of carbonyl (C=O) groups excluding carboxylic acids is 1. The van der Waals surface area contributed by atoms with Gasteiger partial charge < -0.3 is 15.8 Å². The second kappa shape index (κ2) is 7.51. The number of fused-ring (bicyclic) bond motifs is 1. The van der Waals surface area contributed by atoms with Crippen molar-refractivity contribution in [3.05, 3.63) is 77.3 Å². The number of nitrogens with zero attached hydrogens (tertiary/aromatic N) is 4. The minimum Gasteiger partial charge on any atom is -0.480 e. The van der Waals surface area contributed by atoms with Crippen LogP contribution in [0.3, 0.4) is 0 Å². The summed E-state index contributed by atoms with van der Waals surface area (Å²) in [5.74, 6) is -0.299. The van der Waals surface area contributed by atoms with Crippen molar-refractivity contribution in [3.63, 3.8) is 0 Å². The number of halogens is 1. The molecule has 3 N–H and O–H groups in total. The van der Waals surface area contributed by atoms with E-state index in [0.717, 1.165) is 11.1 Å². The summed E-state index contributed by atoms with van der Waals surface area (Å²) in [6.45, 7) is 1.80. The van der Waals surface area contributed by atoms with Crippen LogP contribution in [0.15, 0.2) is 54.0 Å². The Balaban J connectivity index is 1.64. The lowest BCUT2D eigenvalue weighted by Gasteiger charge is -2.32. The first-order chi connectivity index (χ1) is 14.4. The summed E-state index contributed by atoms with van der Waals surface area (Å²) in [5, 5.41) is 2.71. The topological polar surface area (TPSA) is 115 Å². The molecule has 0 radical (unpaired) electrons. The van der Waals surface area contributed by atoms with E-state index in [0.29, 0.717) is 29.4 Å². The molecule has 0 fully saturated rings. The van der Waals surface area contributed by atoms with E-state index in [9.17, 15) is 9.18 Å². The number of carbonyl (C=O) groups is 1. The van der Waals surface area contributed by atoms with Crippen LogP contribution in [-0.4, -0.2) is 33.8 Å². The number of nitrogens with two attached hydrogens (primary N) is 1. The molecule has 1 amide bonds. The highest BCUT2D eigenvalue weighted by Crippen LogP contribution is 2.37. The van der Waals surface area contributed by atoms with Crippen molar-refractivity contribution in [1.82, 2.24) is 15.0 Å². The molecule has 30 heavy (non-hydrogen) atoms. The number of hydrogen-bond acceptors (Lipinski definition) is 7. The van der Waals surface area contributed by atoms with Crippen LogP contribution in [0.1, 0.15) is 34.1 Å². The van der Waals surface area contributed by atoms with Gasteiger partial charge in [-0.1, -0.05) is 0 Å². The van der Waals surface area contributed by atoms with Crippen LogP contribution in [0.5, 0.6) is 5.88 Å². The molecule has 0 spiro atoms. The molecule has 152 valence electrons. The van der Waals surface area contributed by atoms with E-state index >= 15 is 0 Å². The van der Waals surface area contributed by atoms with E-state index in [2.05, 4.69) is 25.3 Å². The van der Waals surface area contributed by atoms with Crippen LogP contribution in [0.2, 0.25) is 0 Å². The Morgan fingerprint density at radius 3 is 2.80 bits per heavy atom. The quantitative estimate of drug-likeness (QED) is 0.688. The van der Waals surface area contributed by atoms with Crippen molar-refractivity contribution in [2.45, 2.75) is 18.9 Å². The third-order valence-electron chi connectivity index (χ3n) is 4.96. The molecule has 1 aliphatic heterocycles. The normalized spacial score (nSPS) is 17.6. The third kappa shape index (κ3) is 3.57. The molecule has 9 heteroatoms. The summed E-state index contributed by atoms with van der Waals surface area (Å²) in [7, 11) is 1.46. The second-order valence-electron chi connectivity index (χ2n) is 7.07. The number of pyridine rings is 1. The van der Waals surface area contributed by atoms with Gasteiger partial charge >= 0.3 is 0 Å². The highest BCUT2D eigenvalue weighted by molar-refractivity contribution is 6.03. The van der Waals surface area contributed by atoms with Gasteiger partial charge in [0.25, 0.3) is 5.91 Å². The number of amides is 1. The average molecular weight is 406 g/mol. The number of hydrogen-bond donors (Lipinski definition) is 2. The molecule has 1 unspecified atom stereocenters. The van der Waals surface area contributed by atoms with Crippen molar-refractivity contribution in [2.24, 2.45) is 10.7 Å². The van der Waals surface area contributed by atoms with Gasteiger partial charge in [0.15, 0.2) is 0 Å².